The number of aliphatic hydroxyl groups excluding tert-OH is 1. The summed E-state index contributed by atoms with van der Waals surface area (Å²) >= 11 is 0. The Morgan fingerprint density at radius 3 is 2.69 bits per heavy atom. The van der Waals surface area contributed by atoms with Crippen LogP contribution in [0, 0.1) is 22.7 Å². The molecule has 29 heavy (non-hydrogen) atoms. The van der Waals surface area contributed by atoms with Crippen molar-refractivity contribution in [3.05, 3.63) is 35.6 Å². The average Bonchev–Trinajstić information content (AvgIpc) is 2.64. The van der Waals surface area contributed by atoms with Gasteiger partial charge in [0.2, 0.25) is 0 Å². The summed E-state index contributed by atoms with van der Waals surface area (Å²) in [7, 11) is 0. The van der Waals surface area contributed by atoms with E-state index in [9.17, 15) is 15.0 Å². The average molecular weight is 403 g/mol. The Kier molecular flexibility index (Phi) is 4.98. The SMILES string of the molecule is CC1(C)[C@@H](O)CC[C@@]2(C)[C@@H](COC3=C[C@H]4OC(=O)CC=C4C=C3)[C@](C)(O)CC[C@@H]12. The first kappa shape index (κ1) is 20.7. The molecular formula is C24H34O5. The molecule has 0 amide bonds. The molecule has 1 aliphatic heterocycles. The van der Waals surface area contributed by atoms with Crippen LogP contribution in [0.2, 0.25) is 0 Å². The van der Waals surface area contributed by atoms with Crippen molar-refractivity contribution >= 4 is 5.97 Å². The first-order valence-electron chi connectivity index (χ1n) is 10.9. The number of fused-ring (bicyclic) bond motifs is 2. The Morgan fingerprint density at radius 1 is 1.17 bits per heavy atom. The predicted octanol–water partition coefficient (Wildman–Crippen LogP) is 3.66. The molecule has 4 rings (SSSR count). The van der Waals surface area contributed by atoms with Gasteiger partial charge in [0.15, 0.2) is 0 Å². The Labute approximate surface area is 173 Å². The van der Waals surface area contributed by atoms with Crippen molar-refractivity contribution < 1.29 is 24.5 Å². The van der Waals surface area contributed by atoms with E-state index in [0.717, 1.165) is 24.8 Å². The lowest BCUT2D eigenvalue weighted by Gasteiger charge is -2.62. The number of ether oxygens (including phenoxy) is 2. The zero-order valence-electron chi connectivity index (χ0n) is 18.0. The zero-order valence-corrected chi connectivity index (χ0v) is 18.0. The molecule has 0 radical (unpaired) electrons. The zero-order chi connectivity index (χ0) is 21.0. The molecule has 2 saturated carbocycles. The third-order valence-electron chi connectivity index (χ3n) is 8.26. The van der Waals surface area contributed by atoms with Gasteiger partial charge in [0, 0.05) is 12.0 Å². The fourth-order valence-corrected chi connectivity index (χ4v) is 6.41. The second-order valence-electron chi connectivity index (χ2n) is 10.4. The molecule has 3 aliphatic carbocycles. The maximum absolute atomic E-state index is 11.6. The van der Waals surface area contributed by atoms with Crippen LogP contribution < -0.4 is 0 Å². The Hall–Kier alpha value is -1.59. The normalized spacial score (nSPS) is 43.4. The largest absolute Gasteiger partial charge is 0.493 e. The number of carbonyl (C=O) groups excluding carboxylic acids is 1. The smallest absolute Gasteiger partial charge is 0.310 e. The third kappa shape index (κ3) is 3.46. The molecule has 5 nitrogen and oxygen atoms in total. The Bertz CT molecular complexity index is 774. The van der Waals surface area contributed by atoms with Crippen LogP contribution in [0.1, 0.15) is 59.8 Å². The molecule has 6 atom stereocenters. The molecular weight excluding hydrogens is 368 g/mol. The molecule has 0 aromatic rings. The highest BCUT2D eigenvalue weighted by atomic mass is 16.5. The van der Waals surface area contributed by atoms with Crippen LogP contribution in [0.15, 0.2) is 35.6 Å². The van der Waals surface area contributed by atoms with E-state index in [4.69, 9.17) is 9.47 Å². The van der Waals surface area contributed by atoms with Crippen LogP contribution in [0.5, 0.6) is 0 Å². The topological polar surface area (TPSA) is 76.0 Å². The van der Waals surface area contributed by atoms with Crippen molar-refractivity contribution in [3.63, 3.8) is 0 Å². The van der Waals surface area contributed by atoms with Gasteiger partial charge in [-0.05, 0) is 61.0 Å². The van der Waals surface area contributed by atoms with E-state index in [1.807, 2.05) is 31.2 Å². The van der Waals surface area contributed by atoms with Crippen molar-refractivity contribution in [2.75, 3.05) is 6.61 Å². The molecule has 5 heteroatoms. The number of aliphatic hydroxyl groups is 2. The molecule has 0 bridgehead atoms. The van der Waals surface area contributed by atoms with Crippen molar-refractivity contribution in [2.24, 2.45) is 22.7 Å². The highest BCUT2D eigenvalue weighted by Gasteiger charge is 2.60. The van der Waals surface area contributed by atoms with E-state index >= 15 is 0 Å². The summed E-state index contributed by atoms with van der Waals surface area (Å²) < 4.78 is 11.6. The molecule has 1 heterocycles. The lowest BCUT2D eigenvalue weighted by atomic mass is 9.45. The van der Waals surface area contributed by atoms with Crippen molar-refractivity contribution in [1.29, 1.82) is 0 Å². The summed E-state index contributed by atoms with van der Waals surface area (Å²) in [5.74, 6) is 0.745. The minimum atomic E-state index is -0.815. The molecule has 0 spiro atoms. The molecule has 2 fully saturated rings. The van der Waals surface area contributed by atoms with E-state index in [1.54, 1.807) is 0 Å². The standard InChI is InChI=1S/C24H34O5/c1-22(2)18-9-12-24(4,27)19(23(18,3)11-10-20(22)25)14-28-16-7-5-15-6-8-21(26)29-17(15)13-16/h5-7,13,17-20,25,27H,8-12,14H2,1-4H3/t17-,18+,19-,20+,23-,24-/m1/s1. The van der Waals surface area contributed by atoms with Crippen molar-refractivity contribution in [3.8, 4) is 0 Å². The molecule has 0 saturated heterocycles. The molecule has 0 aromatic carbocycles. The fraction of sp³-hybridized carbons (Fsp3) is 0.708. The molecule has 0 unspecified atom stereocenters. The molecule has 160 valence electrons. The monoisotopic (exact) mass is 402 g/mol. The van der Waals surface area contributed by atoms with E-state index in [-0.39, 0.29) is 34.9 Å². The second-order valence-corrected chi connectivity index (χ2v) is 10.4. The molecule has 2 N–H and O–H groups in total. The quantitative estimate of drug-likeness (QED) is 0.705. The third-order valence-corrected chi connectivity index (χ3v) is 8.26. The first-order valence-corrected chi connectivity index (χ1v) is 10.9. The Balaban J connectivity index is 1.54. The van der Waals surface area contributed by atoms with Gasteiger partial charge in [-0.1, -0.05) is 32.9 Å². The van der Waals surface area contributed by atoms with E-state index in [0.29, 0.717) is 31.1 Å². The van der Waals surface area contributed by atoms with Crippen LogP contribution in [-0.2, 0) is 14.3 Å². The van der Waals surface area contributed by atoms with Gasteiger partial charge in [0.25, 0.3) is 0 Å². The van der Waals surface area contributed by atoms with E-state index in [1.165, 1.54) is 0 Å². The van der Waals surface area contributed by atoms with Gasteiger partial charge < -0.3 is 19.7 Å². The lowest BCUT2D eigenvalue weighted by Crippen LogP contribution is -2.61. The van der Waals surface area contributed by atoms with Gasteiger partial charge in [0.05, 0.1) is 24.7 Å². The first-order chi connectivity index (χ1) is 13.5. The van der Waals surface area contributed by atoms with Crippen LogP contribution in [0.25, 0.3) is 0 Å². The summed E-state index contributed by atoms with van der Waals surface area (Å²) in [6.07, 6.45) is 10.5. The molecule has 0 aromatic heterocycles. The summed E-state index contributed by atoms with van der Waals surface area (Å²) in [4.78, 5) is 11.6. The van der Waals surface area contributed by atoms with Gasteiger partial charge in [-0.15, -0.1) is 0 Å². The highest BCUT2D eigenvalue weighted by Crippen LogP contribution is 2.62. The van der Waals surface area contributed by atoms with E-state index < -0.39 is 5.60 Å². The van der Waals surface area contributed by atoms with Crippen LogP contribution >= 0.6 is 0 Å². The summed E-state index contributed by atoms with van der Waals surface area (Å²) in [5, 5.41) is 21.9. The van der Waals surface area contributed by atoms with Crippen LogP contribution in [-0.4, -0.2) is 40.6 Å². The maximum Gasteiger partial charge on any atom is 0.310 e. The number of rotatable bonds is 3. The summed E-state index contributed by atoms with van der Waals surface area (Å²) in [6, 6.07) is 0. The van der Waals surface area contributed by atoms with Gasteiger partial charge in [-0.2, -0.15) is 0 Å². The summed E-state index contributed by atoms with van der Waals surface area (Å²) in [6.45, 7) is 8.92. The lowest BCUT2D eigenvalue weighted by molar-refractivity contribution is -0.204. The Morgan fingerprint density at radius 2 is 1.93 bits per heavy atom. The van der Waals surface area contributed by atoms with Crippen molar-refractivity contribution in [1.82, 2.24) is 0 Å². The van der Waals surface area contributed by atoms with Crippen LogP contribution in [0.4, 0.5) is 0 Å². The van der Waals surface area contributed by atoms with Crippen LogP contribution in [0.3, 0.4) is 0 Å². The number of esters is 1. The summed E-state index contributed by atoms with van der Waals surface area (Å²) in [5.41, 5.74) is -0.116. The van der Waals surface area contributed by atoms with Gasteiger partial charge in [0.1, 0.15) is 11.9 Å². The maximum atomic E-state index is 11.6. The number of allylic oxidation sites excluding steroid dienone is 1. The second kappa shape index (κ2) is 6.98. The fourth-order valence-electron chi connectivity index (χ4n) is 6.41. The minimum Gasteiger partial charge on any atom is -0.493 e. The number of hydrogen-bond acceptors (Lipinski definition) is 5. The van der Waals surface area contributed by atoms with Crippen molar-refractivity contribution in [2.45, 2.75) is 77.6 Å². The van der Waals surface area contributed by atoms with Gasteiger partial charge >= 0.3 is 5.97 Å². The highest BCUT2D eigenvalue weighted by molar-refractivity contribution is 5.74. The predicted molar refractivity (Wildman–Crippen MR) is 110 cm³/mol. The number of carbonyl (C=O) groups is 1. The molecule has 4 aliphatic rings. The van der Waals surface area contributed by atoms with Gasteiger partial charge in [-0.25, -0.2) is 0 Å². The van der Waals surface area contributed by atoms with E-state index in [2.05, 4.69) is 20.8 Å². The number of hydrogen-bond donors (Lipinski definition) is 2. The van der Waals surface area contributed by atoms with Gasteiger partial charge in [-0.3, -0.25) is 4.79 Å². The minimum absolute atomic E-state index is 0.0410.